The van der Waals surface area contributed by atoms with E-state index in [9.17, 15) is 4.79 Å². The Morgan fingerprint density at radius 1 is 1.50 bits per heavy atom. The van der Waals surface area contributed by atoms with E-state index in [1.165, 1.54) is 0 Å². The van der Waals surface area contributed by atoms with Crippen LogP contribution in [-0.4, -0.2) is 39.4 Å². The SMILES string of the molecule is C#CCOc1cc(C(=O)NCC[C@H]2CCOC2)ccc1OC. The molecule has 1 aliphatic heterocycles. The molecule has 0 aliphatic carbocycles. The molecule has 1 N–H and O–H groups in total. The number of carbonyl (C=O) groups excluding carboxylic acids is 1. The van der Waals surface area contributed by atoms with Gasteiger partial charge in [-0.3, -0.25) is 4.79 Å². The van der Waals surface area contributed by atoms with Crippen LogP contribution in [0.4, 0.5) is 0 Å². The number of amides is 1. The van der Waals surface area contributed by atoms with Crippen LogP contribution in [0.5, 0.6) is 11.5 Å². The topological polar surface area (TPSA) is 56.8 Å². The van der Waals surface area contributed by atoms with Crippen LogP contribution in [0.2, 0.25) is 0 Å². The molecule has 0 spiro atoms. The van der Waals surface area contributed by atoms with Gasteiger partial charge in [-0.25, -0.2) is 0 Å². The normalized spacial score (nSPS) is 16.8. The van der Waals surface area contributed by atoms with Gasteiger partial charge in [0.2, 0.25) is 0 Å². The number of benzene rings is 1. The molecule has 0 unspecified atom stereocenters. The summed E-state index contributed by atoms with van der Waals surface area (Å²) < 4.78 is 15.9. The van der Waals surface area contributed by atoms with E-state index in [0.717, 1.165) is 26.1 Å². The van der Waals surface area contributed by atoms with Gasteiger partial charge in [-0.2, -0.15) is 0 Å². The fourth-order valence-corrected chi connectivity index (χ4v) is 2.35. The first kappa shape index (κ1) is 16.2. The van der Waals surface area contributed by atoms with E-state index in [1.807, 2.05) is 0 Å². The van der Waals surface area contributed by atoms with Crippen molar-refractivity contribution in [3.05, 3.63) is 23.8 Å². The maximum absolute atomic E-state index is 12.2. The van der Waals surface area contributed by atoms with Gasteiger partial charge in [0.25, 0.3) is 5.91 Å². The highest BCUT2D eigenvalue weighted by Gasteiger charge is 2.16. The van der Waals surface area contributed by atoms with Crippen LogP contribution < -0.4 is 14.8 Å². The Bertz CT molecular complexity index is 544. The van der Waals surface area contributed by atoms with Crippen LogP contribution in [0.15, 0.2) is 18.2 Å². The summed E-state index contributed by atoms with van der Waals surface area (Å²) in [6, 6.07) is 5.05. The van der Waals surface area contributed by atoms with Gasteiger partial charge in [-0.05, 0) is 37.0 Å². The summed E-state index contributed by atoms with van der Waals surface area (Å²) in [5.74, 6) is 3.83. The van der Waals surface area contributed by atoms with Gasteiger partial charge in [-0.1, -0.05) is 5.92 Å². The van der Waals surface area contributed by atoms with Gasteiger partial charge in [0, 0.05) is 25.3 Å². The van der Waals surface area contributed by atoms with Crippen molar-refractivity contribution in [1.29, 1.82) is 0 Å². The largest absolute Gasteiger partial charge is 0.493 e. The minimum atomic E-state index is -0.132. The average molecular weight is 303 g/mol. The molecule has 0 saturated carbocycles. The van der Waals surface area contributed by atoms with Crippen LogP contribution in [0.25, 0.3) is 0 Å². The molecule has 22 heavy (non-hydrogen) atoms. The molecule has 1 fully saturated rings. The lowest BCUT2D eigenvalue weighted by Crippen LogP contribution is -2.26. The molecule has 1 amide bonds. The van der Waals surface area contributed by atoms with Gasteiger partial charge >= 0.3 is 0 Å². The smallest absolute Gasteiger partial charge is 0.251 e. The van der Waals surface area contributed by atoms with Crippen LogP contribution >= 0.6 is 0 Å². The number of rotatable bonds is 7. The molecular formula is C17H21NO4. The molecule has 1 aliphatic rings. The van der Waals surface area contributed by atoms with Crippen molar-refractivity contribution in [2.24, 2.45) is 5.92 Å². The number of methoxy groups -OCH3 is 1. The van der Waals surface area contributed by atoms with E-state index < -0.39 is 0 Å². The molecule has 0 bridgehead atoms. The molecule has 5 nitrogen and oxygen atoms in total. The molecule has 118 valence electrons. The Labute approximate surface area is 130 Å². The number of ether oxygens (including phenoxy) is 3. The predicted octanol–water partition coefficient (Wildman–Crippen LogP) is 1.86. The van der Waals surface area contributed by atoms with Crippen molar-refractivity contribution in [2.45, 2.75) is 12.8 Å². The number of hydrogen-bond acceptors (Lipinski definition) is 4. The molecule has 0 radical (unpaired) electrons. The zero-order valence-electron chi connectivity index (χ0n) is 12.8. The average Bonchev–Trinajstić information content (AvgIpc) is 3.05. The molecule has 1 aromatic carbocycles. The first-order chi connectivity index (χ1) is 10.7. The van der Waals surface area contributed by atoms with E-state index in [4.69, 9.17) is 20.6 Å². The maximum atomic E-state index is 12.2. The second-order valence-corrected chi connectivity index (χ2v) is 5.13. The van der Waals surface area contributed by atoms with E-state index in [-0.39, 0.29) is 12.5 Å². The fourth-order valence-electron chi connectivity index (χ4n) is 2.35. The summed E-state index contributed by atoms with van der Waals surface area (Å²) in [6.45, 7) is 2.39. The van der Waals surface area contributed by atoms with Gasteiger partial charge in [0.05, 0.1) is 7.11 Å². The van der Waals surface area contributed by atoms with Gasteiger partial charge in [-0.15, -0.1) is 6.42 Å². The van der Waals surface area contributed by atoms with Crippen LogP contribution in [0, 0.1) is 18.3 Å². The van der Waals surface area contributed by atoms with Crippen LogP contribution in [-0.2, 0) is 4.74 Å². The first-order valence-electron chi connectivity index (χ1n) is 7.35. The van der Waals surface area contributed by atoms with Gasteiger partial charge in [0.1, 0.15) is 6.61 Å². The number of carbonyl (C=O) groups is 1. The summed E-state index contributed by atoms with van der Waals surface area (Å²) in [5.41, 5.74) is 0.524. The Balaban J connectivity index is 1.92. The van der Waals surface area contributed by atoms with Gasteiger partial charge in [0.15, 0.2) is 11.5 Å². The van der Waals surface area contributed by atoms with Crippen LogP contribution in [0.3, 0.4) is 0 Å². The summed E-state index contributed by atoms with van der Waals surface area (Å²) in [5, 5.41) is 2.92. The highest BCUT2D eigenvalue weighted by Crippen LogP contribution is 2.28. The Kier molecular flexibility index (Phi) is 6.11. The number of terminal acetylenes is 1. The number of hydrogen-bond donors (Lipinski definition) is 1. The van der Waals surface area contributed by atoms with Crippen molar-refractivity contribution in [2.75, 3.05) is 33.5 Å². The molecule has 5 heteroatoms. The molecule has 0 aromatic heterocycles. The van der Waals surface area contributed by atoms with Gasteiger partial charge < -0.3 is 19.5 Å². The lowest BCUT2D eigenvalue weighted by atomic mass is 10.1. The van der Waals surface area contributed by atoms with Crippen molar-refractivity contribution < 1.29 is 19.0 Å². The summed E-state index contributed by atoms with van der Waals surface area (Å²) >= 11 is 0. The molecular weight excluding hydrogens is 282 g/mol. The third-order valence-corrected chi connectivity index (χ3v) is 3.60. The van der Waals surface area contributed by atoms with Crippen LogP contribution in [0.1, 0.15) is 23.2 Å². The molecule has 1 saturated heterocycles. The minimum Gasteiger partial charge on any atom is -0.493 e. The summed E-state index contributed by atoms with van der Waals surface area (Å²) in [7, 11) is 1.54. The molecule has 1 atom stereocenters. The molecule has 2 rings (SSSR count). The van der Waals surface area contributed by atoms with E-state index in [1.54, 1.807) is 25.3 Å². The van der Waals surface area contributed by atoms with Crippen molar-refractivity contribution >= 4 is 5.91 Å². The zero-order chi connectivity index (χ0) is 15.8. The maximum Gasteiger partial charge on any atom is 0.251 e. The lowest BCUT2D eigenvalue weighted by molar-refractivity contribution is 0.0950. The second-order valence-electron chi connectivity index (χ2n) is 5.13. The zero-order valence-corrected chi connectivity index (χ0v) is 12.8. The predicted molar refractivity (Wildman–Crippen MR) is 83.2 cm³/mol. The van der Waals surface area contributed by atoms with Crippen molar-refractivity contribution in [3.8, 4) is 23.8 Å². The summed E-state index contributed by atoms with van der Waals surface area (Å²) in [6.07, 6.45) is 7.19. The lowest BCUT2D eigenvalue weighted by Gasteiger charge is -2.12. The van der Waals surface area contributed by atoms with E-state index in [0.29, 0.717) is 29.5 Å². The molecule has 1 heterocycles. The third kappa shape index (κ3) is 4.40. The Morgan fingerprint density at radius 2 is 2.36 bits per heavy atom. The second kappa shape index (κ2) is 8.30. The summed E-state index contributed by atoms with van der Waals surface area (Å²) in [4.78, 5) is 12.2. The highest BCUT2D eigenvalue weighted by molar-refractivity contribution is 5.94. The Morgan fingerprint density at radius 3 is 3.05 bits per heavy atom. The standard InChI is InChI=1S/C17H21NO4/c1-3-9-22-16-11-14(4-5-15(16)20-2)17(19)18-8-6-13-7-10-21-12-13/h1,4-5,11,13H,6-10,12H2,2H3,(H,18,19)/t13-/m0/s1. The van der Waals surface area contributed by atoms with E-state index >= 15 is 0 Å². The minimum absolute atomic E-state index is 0.128. The number of nitrogens with one attached hydrogen (secondary N) is 1. The van der Waals surface area contributed by atoms with E-state index in [2.05, 4.69) is 11.2 Å². The highest BCUT2D eigenvalue weighted by atomic mass is 16.5. The first-order valence-corrected chi connectivity index (χ1v) is 7.35. The quantitative estimate of drug-likeness (QED) is 0.781. The Hall–Kier alpha value is -2.19. The third-order valence-electron chi connectivity index (χ3n) is 3.60. The molecule has 1 aromatic rings. The van der Waals surface area contributed by atoms with Crippen molar-refractivity contribution in [1.82, 2.24) is 5.32 Å². The van der Waals surface area contributed by atoms with Crippen molar-refractivity contribution in [3.63, 3.8) is 0 Å². The monoisotopic (exact) mass is 303 g/mol. The fraction of sp³-hybridized carbons (Fsp3) is 0.471.